The van der Waals surface area contributed by atoms with Crippen LogP contribution in [-0.4, -0.2) is 42.0 Å². The number of nitrogens with one attached hydrogen (secondary N) is 1. The highest BCUT2D eigenvalue weighted by atomic mass is 35.5. The van der Waals surface area contributed by atoms with E-state index in [0.29, 0.717) is 44.3 Å². The van der Waals surface area contributed by atoms with Gasteiger partial charge in [0.2, 0.25) is 10.9 Å². The Hall–Kier alpha value is -3.30. The van der Waals surface area contributed by atoms with Gasteiger partial charge in [0.1, 0.15) is 11.3 Å². The Kier molecular flexibility index (Phi) is 5.71. The van der Waals surface area contributed by atoms with Gasteiger partial charge in [-0.15, -0.1) is 0 Å². The molecule has 0 aliphatic rings. The molecule has 1 amide bonds. The first-order valence-electron chi connectivity index (χ1n) is 9.18. The first kappa shape index (κ1) is 21.0. The van der Waals surface area contributed by atoms with Crippen LogP contribution < -0.4 is 19.5 Å². The number of aryl methyl sites for hydroxylation is 1. The smallest absolute Gasteiger partial charge is 0.257 e. The Bertz CT molecular complexity index is 1260. The fourth-order valence-corrected chi connectivity index (χ4v) is 4.36. The number of fused-ring (bicyclic) bond motifs is 1. The summed E-state index contributed by atoms with van der Waals surface area (Å²) in [6.07, 6.45) is 0. The molecule has 160 valence electrons. The van der Waals surface area contributed by atoms with E-state index in [1.165, 1.54) is 32.7 Å². The maximum Gasteiger partial charge on any atom is 0.257 e. The molecule has 31 heavy (non-hydrogen) atoms. The minimum atomic E-state index is -0.362. The Morgan fingerprint density at radius 3 is 2.42 bits per heavy atom. The van der Waals surface area contributed by atoms with E-state index in [2.05, 4.69) is 15.4 Å². The fraction of sp³-hybridized carbons (Fsp3) is 0.190. The van der Waals surface area contributed by atoms with Gasteiger partial charge in [-0.2, -0.15) is 9.78 Å². The highest BCUT2D eigenvalue weighted by molar-refractivity contribution is 7.20. The molecule has 2 heterocycles. The molecule has 4 rings (SSSR count). The normalized spacial score (nSPS) is 10.9. The van der Waals surface area contributed by atoms with E-state index < -0.39 is 0 Å². The fourth-order valence-electron chi connectivity index (χ4n) is 3.13. The van der Waals surface area contributed by atoms with E-state index in [9.17, 15) is 4.79 Å². The summed E-state index contributed by atoms with van der Waals surface area (Å²) in [6, 6.07) is 10.5. The second-order valence-electron chi connectivity index (χ2n) is 6.53. The number of amides is 1. The van der Waals surface area contributed by atoms with Crippen LogP contribution in [0.3, 0.4) is 0 Å². The van der Waals surface area contributed by atoms with Crippen LogP contribution in [0.5, 0.6) is 17.2 Å². The van der Waals surface area contributed by atoms with Crippen LogP contribution in [0, 0.1) is 6.92 Å². The van der Waals surface area contributed by atoms with E-state index in [1.54, 1.807) is 28.9 Å². The number of methoxy groups -OCH3 is 3. The van der Waals surface area contributed by atoms with Crippen molar-refractivity contribution in [3.63, 3.8) is 0 Å². The third kappa shape index (κ3) is 3.89. The number of anilines is 1. The van der Waals surface area contributed by atoms with E-state index in [1.807, 2.05) is 19.1 Å². The van der Waals surface area contributed by atoms with Gasteiger partial charge in [-0.25, -0.2) is 4.98 Å². The lowest BCUT2D eigenvalue weighted by Crippen LogP contribution is -2.15. The minimum Gasteiger partial charge on any atom is -0.493 e. The summed E-state index contributed by atoms with van der Waals surface area (Å²) < 4.78 is 18.5. The summed E-state index contributed by atoms with van der Waals surface area (Å²) >= 11 is 7.69. The van der Waals surface area contributed by atoms with Crippen molar-refractivity contribution >= 4 is 44.9 Å². The zero-order valence-electron chi connectivity index (χ0n) is 17.2. The van der Waals surface area contributed by atoms with E-state index >= 15 is 0 Å². The predicted molar refractivity (Wildman–Crippen MR) is 121 cm³/mol. The van der Waals surface area contributed by atoms with Gasteiger partial charge in [0, 0.05) is 11.6 Å². The number of halogens is 1. The summed E-state index contributed by atoms with van der Waals surface area (Å²) in [5, 5.41) is 8.53. The van der Waals surface area contributed by atoms with E-state index in [0.717, 1.165) is 10.4 Å². The average Bonchev–Trinajstić information content (AvgIpc) is 3.36. The zero-order valence-corrected chi connectivity index (χ0v) is 18.8. The topological polar surface area (TPSA) is 87.5 Å². The van der Waals surface area contributed by atoms with E-state index in [-0.39, 0.29) is 5.91 Å². The van der Waals surface area contributed by atoms with Gasteiger partial charge in [-0.1, -0.05) is 29.0 Å². The molecule has 0 saturated carbocycles. The van der Waals surface area contributed by atoms with Crippen LogP contribution in [0.15, 0.2) is 36.4 Å². The Balaban J connectivity index is 1.71. The molecule has 0 fully saturated rings. The molecular formula is C21H19ClN4O4S. The molecule has 4 aromatic rings. The van der Waals surface area contributed by atoms with Crippen LogP contribution >= 0.6 is 22.9 Å². The lowest BCUT2D eigenvalue weighted by molar-refractivity contribution is 0.102. The molecule has 0 aliphatic carbocycles. The number of para-hydroxylation sites is 1. The van der Waals surface area contributed by atoms with Crippen molar-refractivity contribution in [2.24, 2.45) is 0 Å². The summed E-state index contributed by atoms with van der Waals surface area (Å²) in [6.45, 7) is 1.84. The number of hydrogen-bond donors (Lipinski definition) is 1. The second-order valence-corrected chi connectivity index (χ2v) is 7.95. The molecule has 0 atom stereocenters. The molecule has 10 heteroatoms. The SMILES string of the molecule is COc1cc(C(=O)Nc2cc(C)nn2-c2nc3c(Cl)cccc3s2)cc(OC)c1OC. The number of carbonyl (C=O) groups excluding carboxylic acids is 1. The number of carbonyl (C=O) groups is 1. The summed E-state index contributed by atoms with van der Waals surface area (Å²) in [5.41, 5.74) is 1.76. The molecule has 0 saturated heterocycles. The van der Waals surface area contributed by atoms with Crippen LogP contribution in [0.25, 0.3) is 15.3 Å². The first-order valence-corrected chi connectivity index (χ1v) is 10.4. The average molecular weight is 459 g/mol. The molecule has 2 aromatic heterocycles. The molecule has 2 aromatic carbocycles. The summed E-state index contributed by atoms with van der Waals surface area (Å²) in [4.78, 5) is 17.6. The lowest BCUT2D eigenvalue weighted by atomic mass is 10.1. The van der Waals surface area contributed by atoms with Crippen molar-refractivity contribution in [1.82, 2.24) is 14.8 Å². The maximum absolute atomic E-state index is 13.0. The van der Waals surface area contributed by atoms with Gasteiger partial charge in [-0.05, 0) is 31.2 Å². The Morgan fingerprint density at radius 2 is 1.81 bits per heavy atom. The molecule has 0 spiro atoms. The van der Waals surface area contributed by atoms with Crippen LogP contribution in [0.4, 0.5) is 5.82 Å². The Labute approximate surface area is 187 Å². The Morgan fingerprint density at radius 1 is 1.10 bits per heavy atom. The number of ether oxygens (including phenoxy) is 3. The number of rotatable bonds is 6. The predicted octanol–water partition coefficient (Wildman–Crippen LogP) is 4.72. The molecular weight excluding hydrogens is 440 g/mol. The van der Waals surface area contributed by atoms with Gasteiger partial charge in [-0.3, -0.25) is 4.79 Å². The molecule has 0 bridgehead atoms. The van der Waals surface area contributed by atoms with Crippen LogP contribution in [0.2, 0.25) is 5.02 Å². The van der Waals surface area contributed by atoms with Crippen molar-refractivity contribution in [1.29, 1.82) is 0 Å². The largest absolute Gasteiger partial charge is 0.493 e. The maximum atomic E-state index is 13.0. The van der Waals surface area contributed by atoms with Gasteiger partial charge >= 0.3 is 0 Å². The molecule has 8 nitrogen and oxygen atoms in total. The third-order valence-corrected chi connectivity index (χ3v) is 5.84. The molecule has 0 unspecified atom stereocenters. The summed E-state index contributed by atoms with van der Waals surface area (Å²) in [7, 11) is 4.50. The number of aromatic nitrogens is 3. The minimum absolute atomic E-state index is 0.340. The van der Waals surface area contributed by atoms with Gasteiger partial charge in [0.05, 0.1) is 36.7 Å². The highest BCUT2D eigenvalue weighted by Gasteiger charge is 2.20. The van der Waals surface area contributed by atoms with E-state index in [4.69, 9.17) is 25.8 Å². The summed E-state index contributed by atoms with van der Waals surface area (Å²) in [5.74, 6) is 1.30. The molecule has 0 radical (unpaired) electrons. The number of thiazole rings is 1. The number of benzene rings is 2. The standard InChI is InChI=1S/C21H19ClN4O4S/c1-11-8-17(26(25-11)21-24-18-13(22)6-5-7-16(18)31-21)23-20(27)12-9-14(28-2)19(30-4)15(10-12)29-3/h5-10H,1-4H3,(H,23,27). The van der Waals surface area contributed by atoms with Crippen molar-refractivity contribution < 1.29 is 19.0 Å². The highest BCUT2D eigenvalue weighted by Crippen LogP contribution is 2.38. The van der Waals surface area contributed by atoms with Gasteiger partial charge < -0.3 is 19.5 Å². The van der Waals surface area contributed by atoms with Crippen LogP contribution in [-0.2, 0) is 0 Å². The van der Waals surface area contributed by atoms with Crippen molar-refractivity contribution in [2.45, 2.75) is 6.92 Å². The van der Waals surface area contributed by atoms with Gasteiger partial charge in [0.25, 0.3) is 5.91 Å². The quantitative estimate of drug-likeness (QED) is 0.449. The second kappa shape index (κ2) is 8.44. The monoisotopic (exact) mass is 458 g/mol. The van der Waals surface area contributed by atoms with Gasteiger partial charge in [0.15, 0.2) is 11.5 Å². The number of hydrogen-bond acceptors (Lipinski definition) is 7. The van der Waals surface area contributed by atoms with Crippen LogP contribution in [0.1, 0.15) is 16.1 Å². The lowest BCUT2D eigenvalue weighted by Gasteiger charge is -2.14. The molecule has 0 aliphatic heterocycles. The van der Waals surface area contributed by atoms with Crippen molar-refractivity contribution in [2.75, 3.05) is 26.6 Å². The zero-order chi connectivity index (χ0) is 22.1. The molecule has 1 N–H and O–H groups in total. The third-order valence-electron chi connectivity index (χ3n) is 4.54. The van der Waals surface area contributed by atoms with Crippen molar-refractivity contribution in [3.05, 3.63) is 52.7 Å². The number of nitrogens with zero attached hydrogens (tertiary/aromatic N) is 3. The first-order chi connectivity index (χ1) is 14.9. The van der Waals surface area contributed by atoms with Crippen molar-refractivity contribution in [3.8, 4) is 22.4 Å².